The van der Waals surface area contributed by atoms with Gasteiger partial charge in [0.1, 0.15) is 0 Å². The van der Waals surface area contributed by atoms with E-state index >= 15 is 0 Å². The highest BCUT2D eigenvalue weighted by molar-refractivity contribution is 5.83. The number of nitrogens with one attached hydrogen (secondary N) is 1. The second-order valence-corrected chi connectivity index (χ2v) is 8.65. The lowest BCUT2D eigenvalue weighted by Crippen LogP contribution is -2.49. The average molecular weight is 417 g/mol. The summed E-state index contributed by atoms with van der Waals surface area (Å²) >= 11 is 0. The molecule has 3 aliphatic heterocycles. The van der Waals surface area contributed by atoms with Crippen molar-refractivity contribution in [3.05, 3.63) is 34.2 Å². The van der Waals surface area contributed by atoms with Crippen LogP contribution in [0.1, 0.15) is 37.3 Å². The molecular weight excluding hydrogens is 384 g/mol. The molecule has 164 valence electrons. The summed E-state index contributed by atoms with van der Waals surface area (Å²) < 4.78 is 7.20. The number of fused-ring (bicyclic) bond motifs is 4. The first-order chi connectivity index (χ1) is 14.6. The molecule has 0 spiro atoms. The molecule has 2 amide bonds. The van der Waals surface area contributed by atoms with Crippen LogP contribution in [-0.2, 0) is 20.9 Å². The first kappa shape index (κ1) is 21.1. The molecule has 0 unspecified atom stereocenters. The summed E-state index contributed by atoms with van der Waals surface area (Å²) in [5, 5.41) is 2.93. The minimum atomic E-state index is -0.0561. The third kappa shape index (κ3) is 5.10. The second kappa shape index (κ2) is 9.75. The van der Waals surface area contributed by atoms with E-state index in [0.29, 0.717) is 32.1 Å². The number of rotatable bonds is 7. The fraction of sp³-hybridized carbons (Fsp3) is 0.682. The predicted octanol–water partition coefficient (Wildman–Crippen LogP) is 0.413. The van der Waals surface area contributed by atoms with Gasteiger partial charge in [0.15, 0.2) is 0 Å². The SMILES string of the molecule is O=C(CCC(=O)N1C[C@@H]2C[C@@H](C1)c1cccc(=O)n1C2)NCCCN1CCOCC1. The smallest absolute Gasteiger partial charge is 0.250 e. The van der Waals surface area contributed by atoms with Crippen LogP contribution < -0.4 is 10.9 Å². The number of amides is 2. The molecule has 1 aromatic rings. The molecule has 0 radical (unpaired) electrons. The fourth-order valence-corrected chi connectivity index (χ4v) is 4.92. The Morgan fingerprint density at radius 2 is 1.93 bits per heavy atom. The van der Waals surface area contributed by atoms with Gasteiger partial charge in [0.05, 0.1) is 13.2 Å². The molecule has 0 aromatic carbocycles. The van der Waals surface area contributed by atoms with E-state index in [1.54, 1.807) is 12.1 Å². The Balaban J connectivity index is 1.18. The number of nitrogens with zero attached hydrogens (tertiary/aromatic N) is 3. The maximum absolute atomic E-state index is 12.7. The van der Waals surface area contributed by atoms with E-state index in [1.165, 1.54) is 0 Å². The van der Waals surface area contributed by atoms with E-state index in [4.69, 9.17) is 4.74 Å². The number of piperidine rings is 1. The Hall–Kier alpha value is -2.19. The average Bonchev–Trinajstić information content (AvgIpc) is 2.76. The monoisotopic (exact) mass is 416 g/mol. The molecule has 4 heterocycles. The van der Waals surface area contributed by atoms with Gasteiger partial charge in [-0.2, -0.15) is 0 Å². The summed E-state index contributed by atoms with van der Waals surface area (Å²) in [5.41, 5.74) is 1.08. The number of morpholine rings is 1. The van der Waals surface area contributed by atoms with Crippen LogP contribution in [0.3, 0.4) is 0 Å². The van der Waals surface area contributed by atoms with Crippen LogP contribution >= 0.6 is 0 Å². The molecule has 2 atom stereocenters. The number of hydrogen-bond acceptors (Lipinski definition) is 5. The summed E-state index contributed by atoms with van der Waals surface area (Å²) in [4.78, 5) is 41.2. The van der Waals surface area contributed by atoms with Crippen molar-refractivity contribution in [1.29, 1.82) is 0 Å². The van der Waals surface area contributed by atoms with E-state index in [0.717, 1.165) is 51.4 Å². The molecule has 4 rings (SSSR count). The van der Waals surface area contributed by atoms with Crippen molar-refractivity contribution < 1.29 is 14.3 Å². The van der Waals surface area contributed by atoms with Gasteiger partial charge in [-0.05, 0) is 31.4 Å². The van der Waals surface area contributed by atoms with E-state index < -0.39 is 0 Å². The molecule has 0 saturated carbocycles. The van der Waals surface area contributed by atoms with Crippen molar-refractivity contribution in [2.45, 2.75) is 38.1 Å². The number of hydrogen-bond donors (Lipinski definition) is 1. The molecule has 1 aromatic heterocycles. The first-order valence-corrected chi connectivity index (χ1v) is 11.1. The number of aromatic nitrogens is 1. The quantitative estimate of drug-likeness (QED) is 0.651. The van der Waals surface area contributed by atoms with Crippen LogP contribution in [-0.4, -0.2) is 78.7 Å². The Morgan fingerprint density at radius 3 is 2.77 bits per heavy atom. The normalized spacial score (nSPS) is 23.7. The topological polar surface area (TPSA) is 83.9 Å². The Labute approximate surface area is 177 Å². The van der Waals surface area contributed by atoms with Crippen molar-refractivity contribution in [2.75, 3.05) is 52.5 Å². The van der Waals surface area contributed by atoms with Crippen molar-refractivity contribution in [3.63, 3.8) is 0 Å². The summed E-state index contributed by atoms with van der Waals surface area (Å²) in [7, 11) is 0. The highest BCUT2D eigenvalue weighted by Gasteiger charge is 2.36. The van der Waals surface area contributed by atoms with E-state index in [-0.39, 0.29) is 36.1 Å². The van der Waals surface area contributed by atoms with E-state index in [2.05, 4.69) is 10.2 Å². The highest BCUT2D eigenvalue weighted by Crippen LogP contribution is 2.35. The van der Waals surface area contributed by atoms with E-state index in [1.807, 2.05) is 15.5 Å². The molecule has 3 aliphatic rings. The van der Waals surface area contributed by atoms with Crippen LogP contribution in [0.4, 0.5) is 0 Å². The maximum Gasteiger partial charge on any atom is 0.250 e. The number of pyridine rings is 1. The molecular formula is C22H32N4O4. The van der Waals surface area contributed by atoms with Gasteiger partial charge in [-0.25, -0.2) is 0 Å². The summed E-state index contributed by atoms with van der Waals surface area (Å²) in [6.07, 6.45) is 2.42. The Bertz CT molecular complexity index is 818. The molecule has 8 nitrogen and oxygen atoms in total. The van der Waals surface area contributed by atoms with Crippen LogP contribution in [0, 0.1) is 5.92 Å². The molecule has 2 bridgehead atoms. The Morgan fingerprint density at radius 1 is 1.10 bits per heavy atom. The fourth-order valence-electron chi connectivity index (χ4n) is 4.92. The van der Waals surface area contributed by atoms with Gasteiger partial charge in [-0.15, -0.1) is 0 Å². The predicted molar refractivity (Wildman–Crippen MR) is 112 cm³/mol. The summed E-state index contributed by atoms with van der Waals surface area (Å²) in [6, 6.07) is 5.41. The van der Waals surface area contributed by atoms with Crippen LogP contribution in [0.5, 0.6) is 0 Å². The zero-order valence-electron chi connectivity index (χ0n) is 17.6. The molecule has 1 N–H and O–H groups in total. The lowest BCUT2D eigenvalue weighted by Gasteiger charge is -2.42. The third-order valence-electron chi connectivity index (χ3n) is 6.48. The number of ether oxygens (including phenoxy) is 1. The Kier molecular flexibility index (Phi) is 6.84. The zero-order valence-corrected chi connectivity index (χ0v) is 17.6. The number of likely N-dealkylation sites (tertiary alicyclic amines) is 1. The third-order valence-corrected chi connectivity index (χ3v) is 6.48. The van der Waals surface area contributed by atoms with Crippen molar-refractivity contribution >= 4 is 11.8 Å². The van der Waals surface area contributed by atoms with Gasteiger partial charge in [-0.3, -0.25) is 19.3 Å². The molecule has 30 heavy (non-hydrogen) atoms. The number of carbonyl (C=O) groups is 2. The van der Waals surface area contributed by atoms with Gasteiger partial charge in [-0.1, -0.05) is 6.07 Å². The van der Waals surface area contributed by atoms with Gasteiger partial charge >= 0.3 is 0 Å². The van der Waals surface area contributed by atoms with Crippen molar-refractivity contribution in [3.8, 4) is 0 Å². The van der Waals surface area contributed by atoms with Crippen LogP contribution in [0.15, 0.2) is 23.0 Å². The molecule has 2 fully saturated rings. The maximum atomic E-state index is 12.7. The van der Waals surface area contributed by atoms with Gasteiger partial charge < -0.3 is 19.5 Å². The van der Waals surface area contributed by atoms with Crippen LogP contribution in [0.25, 0.3) is 0 Å². The second-order valence-electron chi connectivity index (χ2n) is 8.65. The minimum Gasteiger partial charge on any atom is -0.379 e. The molecule has 8 heteroatoms. The molecule has 2 saturated heterocycles. The lowest BCUT2D eigenvalue weighted by atomic mass is 9.83. The lowest BCUT2D eigenvalue weighted by molar-refractivity contribution is -0.136. The van der Waals surface area contributed by atoms with Crippen molar-refractivity contribution in [1.82, 2.24) is 19.7 Å². The standard InChI is InChI=1S/C22H32N4O4/c27-20(23-7-2-8-24-9-11-30-12-10-24)5-6-21(28)25-14-17-13-18(16-25)19-3-1-4-22(29)26(19)15-17/h1,3-4,17-18H,2,5-16H2,(H,23,27)/t17-,18-/m0/s1. The summed E-state index contributed by atoms with van der Waals surface area (Å²) in [6.45, 7) is 7.09. The van der Waals surface area contributed by atoms with Gasteiger partial charge in [0, 0.05) is 69.8 Å². The van der Waals surface area contributed by atoms with Gasteiger partial charge in [0.2, 0.25) is 11.8 Å². The summed E-state index contributed by atoms with van der Waals surface area (Å²) in [5.74, 6) is 0.512. The molecule has 0 aliphatic carbocycles. The van der Waals surface area contributed by atoms with Gasteiger partial charge in [0.25, 0.3) is 5.56 Å². The largest absolute Gasteiger partial charge is 0.379 e. The van der Waals surface area contributed by atoms with E-state index in [9.17, 15) is 14.4 Å². The number of carbonyl (C=O) groups excluding carboxylic acids is 2. The minimum absolute atomic E-state index is 0.0416. The first-order valence-electron chi connectivity index (χ1n) is 11.1. The highest BCUT2D eigenvalue weighted by atomic mass is 16.5. The van der Waals surface area contributed by atoms with Crippen LogP contribution in [0.2, 0.25) is 0 Å². The zero-order chi connectivity index (χ0) is 20.9. The van der Waals surface area contributed by atoms with Crippen molar-refractivity contribution in [2.24, 2.45) is 5.92 Å².